The minimum Gasteiger partial charge on any atom is -0.486 e. The van der Waals surface area contributed by atoms with Gasteiger partial charge in [0.1, 0.15) is 28.3 Å². The molecule has 0 aliphatic carbocycles. The number of carbonyl (C=O) groups excluding carboxylic acids is 2. The van der Waals surface area contributed by atoms with Crippen molar-refractivity contribution in [2.45, 2.75) is 19.6 Å². The fraction of sp³-hybridized carbons (Fsp3) is 0.150. The second-order valence-electron chi connectivity index (χ2n) is 5.98. The van der Waals surface area contributed by atoms with E-state index in [0.29, 0.717) is 31.9 Å². The van der Waals surface area contributed by atoms with Gasteiger partial charge >= 0.3 is 0 Å². The Morgan fingerprint density at radius 3 is 2.50 bits per heavy atom. The number of amides is 2. The van der Waals surface area contributed by atoms with Crippen molar-refractivity contribution in [3.63, 3.8) is 0 Å². The second kappa shape index (κ2) is 8.86. The number of halogens is 1. The molecule has 0 radical (unpaired) electrons. The Morgan fingerprint density at radius 1 is 1.18 bits per heavy atom. The lowest BCUT2D eigenvalue weighted by Crippen LogP contribution is -2.37. The van der Waals surface area contributed by atoms with E-state index in [-0.39, 0.29) is 6.61 Å². The van der Waals surface area contributed by atoms with Gasteiger partial charge in [-0.25, -0.2) is 4.98 Å². The van der Waals surface area contributed by atoms with Crippen molar-refractivity contribution >= 4 is 34.8 Å². The van der Waals surface area contributed by atoms with Crippen molar-refractivity contribution < 1.29 is 14.3 Å². The number of nitrogens with one attached hydrogen (secondary N) is 1. The molecule has 0 fully saturated rings. The van der Waals surface area contributed by atoms with Crippen LogP contribution in [0, 0.1) is 6.92 Å². The first-order valence-electron chi connectivity index (χ1n) is 8.44. The van der Waals surface area contributed by atoms with Crippen molar-refractivity contribution in [1.82, 2.24) is 10.3 Å². The molecule has 144 valence electrons. The quantitative estimate of drug-likeness (QED) is 0.615. The molecule has 0 saturated carbocycles. The highest BCUT2D eigenvalue weighted by atomic mass is 35.5. The average molecular weight is 416 g/mol. The molecule has 0 aliphatic heterocycles. The van der Waals surface area contributed by atoms with Crippen LogP contribution in [0.1, 0.15) is 32.0 Å². The Labute approximate surface area is 171 Å². The predicted molar refractivity (Wildman–Crippen MR) is 108 cm³/mol. The molecule has 0 bridgehead atoms. The Bertz CT molecular complexity index is 974. The summed E-state index contributed by atoms with van der Waals surface area (Å²) in [5.74, 6) is -0.380. The van der Waals surface area contributed by atoms with Crippen LogP contribution in [0.3, 0.4) is 0 Å². The molecule has 0 aliphatic rings. The number of aryl methyl sites for hydroxylation is 1. The zero-order chi connectivity index (χ0) is 20.1. The van der Waals surface area contributed by atoms with Gasteiger partial charge in [0, 0.05) is 5.02 Å². The van der Waals surface area contributed by atoms with Crippen LogP contribution in [0.2, 0.25) is 5.02 Å². The summed E-state index contributed by atoms with van der Waals surface area (Å²) in [6.07, 6.45) is 0. The van der Waals surface area contributed by atoms with Gasteiger partial charge in [-0.1, -0.05) is 41.9 Å². The normalized spacial score (nSPS) is 11.6. The highest BCUT2D eigenvalue weighted by Crippen LogP contribution is 2.22. The number of primary amides is 1. The lowest BCUT2D eigenvalue weighted by atomic mass is 10.1. The van der Waals surface area contributed by atoms with Gasteiger partial charge < -0.3 is 15.8 Å². The van der Waals surface area contributed by atoms with Crippen LogP contribution in [0.5, 0.6) is 5.75 Å². The van der Waals surface area contributed by atoms with E-state index in [1.807, 2.05) is 6.07 Å². The summed E-state index contributed by atoms with van der Waals surface area (Å²) in [5, 5.41) is 3.95. The van der Waals surface area contributed by atoms with E-state index in [0.717, 1.165) is 0 Å². The first kappa shape index (κ1) is 19.9. The zero-order valence-electron chi connectivity index (χ0n) is 15.0. The van der Waals surface area contributed by atoms with E-state index in [4.69, 9.17) is 22.1 Å². The summed E-state index contributed by atoms with van der Waals surface area (Å²) >= 11 is 7.07. The topological polar surface area (TPSA) is 94.3 Å². The molecule has 3 aromatic rings. The van der Waals surface area contributed by atoms with E-state index in [1.54, 1.807) is 55.5 Å². The van der Waals surface area contributed by atoms with Gasteiger partial charge in [-0.2, -0.15) is 0 Å². The standard InChI is InChI=1S/C20H18ClN3O3S/c1-12-18(20(26)24-17(19(22)25)13-5-3-2-4-6-13)28-16(23-12)11-27-15-9-7-14(21)8-10-15/h2-10,17H,11H2,1H3,(H2,22,25)(H,24,26)/t17-/m1/s1. The molecule has 1 heterocycles. The molecule has 0 spiro atoms. The maximum absolute atomic E-state index is 12.7. The van der Waals surface area contributed by atoms with Gasteiger partial charge in [-0.05, 0) is 36.8 Å². The molecule has 1 atom stereocenters. The maximum atomic E-state index is 12.7. The zero-order valence-corrected chi connectivity index (χ0v) is 16.6. The number of hydrogen-bond donors (Lipinski definition) is 2. The minimum absolute atomic E-state index is 0.221. The minimum atomic E-state index is -0.913. The highest BCUT2D eigenvalue weighted by molar-refractivity contribution is 7.13. The number of carbonyl (C=O) groups is 2. The predicted octanol–water partition coefficient (Wildman–Crippen LogP) is 3.64. The van der Waals surface area contributed by atoms with Gasteiger partial charge in [0.15, 0.2) is 0 Å². The first-order valence-corrected chi connectivity index (χ1v) is 9.63. The van der Waals surface area contributed by atoms with E-state index in [1.165, 1.54) is 11.3 Å². The molecule has 2 aromatic carbocycles. The van der Waals surface area contributed by atoms with Crippen LogP contribution < -0.4 is 15.8 Å². The summed E-state index contributed by atoms with van der Waals surface area (Å²) in [7, 11) is 0. The molecule has 8 heteroatoms. The maximum Gasteiger partial charge on any atom is 0.264 e. The summed E-state index contributed by atoms with van der Waals surface area (Å²) in [4.78, 5) is 29.3. The number of benzene rings is 2. The largest absolute Gasteiger partial charge is 0.486 e. The van der Waals surface area contributed by atoms with Crippen LogP contribution in [0.15, 0.2) is 54.6 Å². The van der Waals surface area contributed by atoms with E-state index < -0.39 is 17.9 Å². The summed E-state index contributed by atoms with van der Waals surface area (Å²) in [6, 6.07) is 14.9. The average Bonchev–Trinajstić information content (AvgIpc) is 3.06. The van der Waals surface area contributed by atoms with Gasteiger partial charge in [0.05, 0.1) is 5.69 Å². The van der Waals surface area contributed by atoms with Crippen LogP contribution in [0.25, 0.3) is 0 Å². The summed E-state index contributed by atoms with van der Waals surface area (Å²) in [6.45, 7) is 1.96. The lowest BCUT2D eigenvalue weighted by molar-refractivity contribution is -0.120. The van der Waals surface area contributed by atoms with Crippen molar-refractivity contribution in [1.29, 1.82) is 0 Å². The number of nitrogens with zero attached hydrogens (tertiary/aromatic N) is 1. The van der Waals surface area contributed by atoms with Gasteiger partial charge in [0.25, 0.3) is 5.91 Å². The summed E-state index contributed by atoms with van der Waals surface area (Å²) in [5.41, 5.74) is 6.65. The van der Waals surface area contributed by atoms with Crippen molar-refractivity contribution in [2.24, 2.45) is 5.73 Å². The van der Waals surface area contributed by atoms with E-state index >= 15 is 0 Å². The molecule has 0 unspecified atom stereocenters. The molecule has 3 rings (SSSR count). The van der Waals surface area contributed by atoms with Crippen molar-refractivity contribution in [3.8, 4) is 5.75 Å². The Kier molecular flexibility index (Phi) is 6.28. The monoisotopic (exact) mass is 415 g/mol. The third-order valence-corrected chi connectivity index (χ3v) is 5.30. The van der Waals surface area contributed by atoms with Gasteiger partial charge in [-0.15, -0.1) is 11.3 Å². The molecule has 6 nitrogen and oxygen atoms in total. The molecule has 1 aromatic heterocycles. The van der Waals surface area contributed by atoms with Gasteiger partial charge in [0.2, 0.25) is 5.91 Å². The Morgan fingerprint density at radius 2 is 1.86 bits per heavy atom. The number of rotatable bonds is 7. The lowest BCUT2D eigenvalue weighted by Gasteiger charge is -2.15. The Balaban J connectivity index is 1.70. The molecule has 0 saturated heterocycles. The van der Waals surface area contributed by atoms with Gasteiger partial charge in [-0.3, -0.25) is 9.59 Å². The number of nitrogens with two attached hydrogens (primary N) is 1. The van der Waals surface area contributed by atoms with Crippen LogP contribution in [-0.2, 0) is 11.4 Å². The second-order valence-corrected chi connectivity index (χ2v) is 7.50. The molecule has 3 N–H and O–H groups in total. The molecular weight excluding hydrogens is 398 g/mol. The molecule has 28 heavy (non-hydrogen) atoms. The Hall–Kier alpha value is -2.90. The van der Waals surface area contributed by atoms with E-state index in [9.17, 15) is 9.59 Å². The third kappa shape index (κ3) is 4.88. The number of aromatic nitrogens is 1. The first-order chi connectivity index (χ1) is 13.4. The smallest absolute Gasteiger partial charge is 0.264 e. The highest BCUT2D eigenvalue weighted by Gasteiger charge is 2.23. The number of hydrogen-bond acceptors (Lipinski definition) is 5. The van der Waals surface area contributed by atoms with Crippen LogP contribution in [-0.4, -0.2) is 16.8 Å². The van der Waals surface area contributed by atoms with E-state index in [2.05, 4.69) is 10.3 Å². The van der Waals surface area contributed by atoms with Crippen molar-refractivity contribution in [2.75, 3.05) is 0 Å². The summed E-state index contributed by atoms with van der Waals surface area (Å²) < 4.78 is 5.67. The molecular formula is C20H18ClN3O3S. The molecule has 2 amide bonds. The fourth-order valence-electron chi connectivity index (χ4n) is 2.56. The van der Waals surface area contributed by atoms with Crippen LogP contribution >= 0.6 is 22.9 Å². The third-order valence-electron chi connectivity index (χ3n) is 3.92. The van der Waals surface area contributed by atoms with Crippen molar-refractivity contribution in [3.05, 3.63) is 80.8 Å². The number of thiazole rings is 1. The van der Waals surface area contributed by atoms with Crippen LogP contribution in [0.4, 0.5) is 0 Å². The fourth-order valence-corrected chi connectivity index (χ4v) is 3.57. The number of ether oxygens (including phenoxy) is 1. The SMILES string of the molecule is Cc1nc(COc2ccc(Cl)cc2)sc1C(=O)N[C@@H](C(N)=O)c1ccccc1.